The predicted molar refractivity (Wildman–Crippen MR) is 119 cm³/mol. The van der Waals surface area contributed by atoms with Crippen molar-refractivity contribution in [3.8, 4) is 22.7 Å². The number of para-hydroxylation sites is 1. The van der Waals surface area contributed by atoms with Crippen LogP contribution in [-0.4, -0.2) is 71.1 Å². The Bertz CT molecular complexity index is 1030. The number of nitrogens with zero attached hydrogens (tertiary/aromatic N) is 4. The summed E-state index contributed by atoms with van der Waals surface area (Å²) >= 11 is 0. The molecular formula is C24H29FN4O2. The summed E-state index contributed by atoms with van der Waals surface area (Å²) < 4.78 is 21.4. The Morgan fingerprint density at radius 3 is 2.48 bits per heavy atom. The van der Waals surface area contributed by atoms with Crippen LogP contribution in [0.1, 0.15) is 11.1 Å². The zero-order valence-electron chi connectivity index (χ0n) is 18.1. The highest BCUT2D eigenvalue weighted by Crippen LogP contribution is 2.29. The van der Waals surface area contributed by atoms with Crippen molar-refractivity contribution in [1.82, 2.24) is 19.6 Å². The van der Waals surface area contributed by atoms with E-state index < -0.39 is 5.82 Å². The van der Waals surface area contributed by atoms with Gasteiger partial charge < -0.3 is 9.84 Å². The lowest BCUT2D eigenvalue weighted by Crippen LogP contribution is -2.46. The largest absolute Gasteiger partial charge is 0.494 e. The Hall–Kier alpha value is -2.74. The molecule has 1 aliphatic heterocycles. The van der Waals surface area contributed by atoms with Crippen LogP contribution in [0.2, 0.25) is 0 Å². The van der Waals surface area contributed by atoms with Crippen molar-refractivity contribution in [1.29, 1.82) is 0 Å². The topological polar surface area (TPSA) is 53.8 Å². The summed E-state index contributed by atoms with van der Waals surface area (Å²) in [6, 6.07) is 13.1. The number of methoxy groups -OCH3 is 1. The summed E-state index contributed by atoms with van der Waals surface area (Å²) in [4.78, 5) is 4.66. The fourth-order valence-corrected chi connectivity index (χ4v) is 4.08. The smallest absolute Gasteiger partial charge is 0.165 e. The SMILES string of the molecule is COc1ccc(-c2nn(-c3ccccc3C)cc2CN2CCN(CCO)CC2)cc1F. The van der Waals surface area contributed by atoms with E-state index >= 15 is 0 Å². The number of rotatable bonds is 7. The van der Waals surface area contributed by atoms with Crippen LogP contribution in [-0.2, 0) is 6.54 Å². The third-order valence-corrected chi connectivity index (χ3v) is 5.85. The summed E-state index contributed by atoms with van der Waals surface area (Å²) in [7, 11) is 1.47. The van der Waals surface area contributed by atoms with Crippen LogP contribution in [0.3, 0.4) is 0 Å². The number of piperazine rings is 1. The number of aromatic nitrogens is 2. The number of aliphatic hydroxyl groups is 1. The number of aryl methyl sites for hydroxylation is 1. The minimum Gasteiger partial charge on any atom is -0.494 e. The molecule has 0 spiro atoms. The van der Waals surface area contributed by atoms with Crippen molar-refractivity contribution in [3.63, 3.8) is 0 Å². The first-order chi connectivity index (χ1) is 15.1. The lowest BCUT2D eigenvalue weighted by Gasteiger charge is -2.34. The van der Waals surface area contributed by atoms with Gasteiger partial charge in [-0.3, -0.25) is 9.80 Å². The molecule has 1 aliphatic rings. The number of aliphatic hydroxyl groups excluding tert-OH is 1. The quantitative estimate of drug-likeness (QED) is 0.632. The molecule has 2 heterocycles. The van der Waals surface area contributed by atoms with E-state index in [1.54, 1.807) is 6.07 Å². The van der Waals surface area contributed by atoms with Crippen LogP contribution >= 0.6 is 0 Å². The predicted octanol–water partition coefficient (Wildman–Crippen LogP) is 3.11. The molecule has 6 nitrogen and oxygen atoms in total. The molecule has 0 aliphatic carbocycles. The molecule has 164 valence electrons. The molecule has 0 radical (unpaired) electrons. The zero-order valence-corrected chi connectivity index (χ0v) is 18.1. The van der Waals surface area contributed by atoms with Crippen molar-refractivity contribution in [3.05, 3.63) is 65.6 Å². The molecule has 1 N–H and O–H groups in total. The molecule has 0 atom stereocenters. The fourth-order valence-electron chi connectivity index (χ4n) is 4.08. The van der Waals surface area contributed by atoms with Crippen LogP contribution in [0.25, 0.3) is 16.9 Å². The monoisotopic (exact) mass is 424 g/mol. The molecule has 0 amide bonds. The standard InChI is InChI=1S/C24H29FN4O2/c1-18-5-3-4-6-22(18)29-17-20(16-28-11-9-27(10-12-28)13-14-30)24(26-29)19-7-8-23(31-2)21(25)15-19/h3-8,15,17,30H,9-14,16H2,1-2H3. The van der Waals surface area contributed by atoms with Gasteiger partial charge in [-0.1, -0.05) is 18.2 Å². The molecule has 3 aromatic rings. The van der Waals surface area contributed by atoms with Gasteiger partial charge in [0.05, 0.1) is 25.1 Å². The van der Waals surface area contributed by atoms with Gasteiger partial charge in [0.2, 0.25) is 0 Å². The lowest BCUT2D eigenvalue weighted by molar-refractivity contribution is 0.108. The summed E-state index contributed by atoms with van der Waals surface area (Å²) in [5.74, 6) is -0.169. The van der Waals surface area contributed by atoms with Gasteiger partial charge in [0.25, 0.3) is 0 Å². The number of halogens is 1. The first kappa shape index (κ1) is 21.5. The van der Waals surface area contributed by atoms with Crippen LogP contribution in [0.15, 0.2) is 48.7 Å². The number of β-amino-alcohol motifs (C(OH)–C–C–N with tert-alkyl or cyclic N) is 1. The minimum atomic E-state index is -0.394. The normalized spacial score (nSPS) is 15.4. The van der Waals surface area contributed by atoms with Crippen molar-refractivity contribution in [2.75, 3.05) is 46.4 Å². The molecule has 7 heteroatoms. The highest BCUT2D eigenvalue weighted by atomic mass is 19.1. The van der Waals surface area contributed by atoms with Crippen molar-refractivity contribution in [2.45, 2.75) is 13.5 Å². The van der Waals surface area contributed by atoms with Crippen molar-refractivity contribution in [2.24, 2.45) is 0 Å². The van der Waals surface area contributed by atoms with Crippen LogP contribution in [0, 0.1) is 12.7 Å². The molecule has 4 rings (SSSR count). The average Bonchev–Trinajstić information content (AvgIpc) is 3.19. The van der Waals surface area contributed by atoms with Gasteiger partial charge in [-0.15, -0.1) is 0 Å². The molecular weight excluding hydrogens is 395 g/mol. The number of benzene rings is 2. The molecule has 0 unspecified atom stereocenters. The highest BCUT2D eigenvalue weighted by Gasteiger charge is 2.21. The Morgan fingerprint density at radius 1 is 1.06 bits per heavy atom. The molecule has 0 bridgehead atoms. The van der Waals surface area contributed by atoms with E-state index in [2.05, 4.69) is 29.0 Å². The van der Waals surface area contributed by atoms with E-state index in [1.807, 2.05) is 28.9 Å². The molecule has 1 aromatic heterocycles. The summed E-state index contributed by atoms with van der Waals surface area (Å²) in [6.07, 6.45) is 2.06. The first-order valence-electron chi connectivity index (χ1n) is 10.6. The third-order valence-electron chi connectivity index (χ3n) is 5.85. The van der Waals surface area contributed by atoms with Gasteiger partial charge in [0.15, 0.2) is 11.6 Å². The van der Waals surface area contributed by atoms with E-state index in [9.17, 15) is 4.39 Å². The van der Waals surface area contributed by atoms with Gasteiger partial charge in [0, 0.05) is 56.6 Å². The van der Waals surface area contributed by atoms with Gasteiger partial charge in [-0.05, 0) is 36.8 Å². The number of ether oxygens (including phenoxy) is 1. The minimum absolute atomic E-state index is 0.191. The number of hydrogen-bond donors (Lipinski definition) is 1. The third kappa shape index (κ3) is 4.79. The van der Waals surface area contributed by atoms with E-state index in [-0.39, 0.29) is 12.4 Å². The van der Waals surface area contributed by atoms with E-state index in [0.29, 0.717) is 0 Å². The Morgan fingerprint density at radius 2 is 1.81 bits per heavy atom. The Labute approximate surface area is 182 Å². The molecule has 1 fully saturated rings. The zero-order chi connectivity index (χ0) is 21.8. The van der Waals surface area contributed by atoms with Crippen LogP contribution < -0.4 is 4.74 Å². The van der Waals surface area contributed by atoms with Gasteiger partial charge in [0.1, 0.15) is 0 Å². The lowest BCUT2D eigenvalue weighted by atomic mass is 10.1. The molecule has 31 heavy (non-hydrogen) atoms. The maximum Gasteiger partial charge on any atom is 0.165 e. The molecule has 1 saturated heterocycles. The Balaban J connectivity index is 1.66. The summed E-state index contributed by atoms with van der Waals surface area (Å²) in [6.45, 7) is 7.41. The summed E-state index contributed by atoms with van der Waals surface area (Å²) in [5, 5.41) is 14.0. The van der Waals surface area contributed by atoms with Crippen LogP contribution in [0.4, 0.5) is 4.39 Å². The Kier molecular flexibility index (Phi) is 6.65. The van der Waals surface area contributed by atoms with Crippen LogP contribution in [0.5, 0.6) is 5.75 Å². The second-order valence-electron chi connectivity index (χ2n) is 7.92. The maximum atomic E-state index is 14.4. The fraction of sp³-hybridized carbons (Fsp3) is 0.375. The second-order valence-corrected chi connectivity index (χ2v) is 7.92. The summed E-state index contributed by atoms with van der Waals surface area (Å²) in [5.41, 5.74) is 4.71. The van der Waals surface area contributed by atoms with E-state index in [1.165, 1.54) is 13.2 Å². The van der Waals surface area contributed by atoms with Crippen molar-refractivity contribution < 1.29 is 14.2 Å². The molecule has 2 aromatic carbocycles. The first-order valence-corrected chi connectivity index (χ1v) is 10.6. The second kappa shape index (κ2) is 9.60. The van der Waals surface area contributed by atoms with Gasteiger partial charge in [-0.25, -0.2) is 9.07 Å². The number of hydrogen-bond acceptors (Lipinski definition) is 5. The van der Waals surface area contributed by atoms with Gasteiger partial charge >= 0.3 is 0 Å². The average molecular weight is 425 g/mol. The highest BCUT2D eigenvalue weighted by molar-refractivity contribution is 5.64. The van der Waals surface area contributed by atoms with Gasteiger partial charge in [-0.2, -0.15) is 5.10 Å². The maximum absolute atomic E-state index is 14.4. The van der Waals surface area contributed by atoms with Crippen molar-refractivity contribution >= 4 is 0 Å². The van der Waals surface area contributed by atoms with E-state index in [4.69, 9.17) is 14.9 Å². The van der Waals surface area contributed by atoms with E-state index in [0.717, 1.165) is 67.3 Å². The molecule has 0 saturated carbocycles.